The van der Waals surface area contributed by atoms with Crippen LogP contribution in [0.25, 0.3) is 0 Å². The Morgan fingerprint density at radius 1 is 1.29 bits per heavy atom. The lowest BCUT2D eigenvalue weighted by Gasteiger charge is -2.38. The van der Waals surface area contributed by atoms with Crippen LogP contribution in [-0.4, -0.2) is 35.6 Å². The summed E-state index contributed by atoms with van der Waals surface area (Å²) in [4.78, 5) is 22.5. The van der Waals surface area contributed by atoms with E-state index in [1.54, 1.807) is 33.8 Å². The standard InChI is InChI=1S/C12H22N2O3/c1-6-7-13-9(15)8-14-12(4,5)11(2,3)10(16)17/h6,14H,1,7-8H2,2-5H3,(H,13,15)(H,16,17). The van der Waals surface area contributed by atoms with Gasteiger partial charge in [0.05, 0.1) is 12.0 Å². The van der Waals surface area contributed by atoms with Crippen molar-refractivity contribution in [1.82, 2.24) is 10.6 Å². The largest absolute Gasteiger partial charge is 0.481 e. The molecule has 0 saturated carbocycles. The van der Waals surface area contributed by atoms with Crippen molar-refractivity contribution in [3.8, 4) is 0 Å². The maximum atomic E-state index is 11.4. The first kappa shape index (κ1) is 15.6. The van der Waals surface area contributed by atoms with Crippen LogP contribution in [0.1, 0.15) is 27.7 Å². The van der Waals surface area contributed by atoms with Crippen molar-refractivity contribution in [2.24, 2.45) is 5.41 Å². The minimum Gasteiger partial charge on any atom is -0.481 e. The van der Waals surface area contributed by atoms with Gasteiger partial charge in [0.25, 0.3) is 0 Å². The summed E-state index contributed by atoms with van der Waals surface area (Å²) in [7, 11) is 0. The Morgan fingerprint density at radius 2 is 1.82 bits per heavy atom. The predicted octanol–water partition coefficient (Wildman–Crippen LogP) is 0.768. The van der Waals surface area contributed by atoms with Crippen LogP contribution in [-0.2, 0) is 9.59 Å². The van der Waals surface area contributed by atoms with Crippen molar-refractivity contribution in [3.63, 3.8) is 0 Å². The van der Waals surface area contributed by atoms with Crippen molar-refractivity contribution >= 4 is 11.9 Å². The Kier molecular flexibility index (Phi) is 5.35. The molecule has 0 heterocycles. The lowest BCUT2D eigenvalue weighted by atomic mass is 9.74. The van der Waals surface area contributed by atoms with Crippen molar-refractivity contribution in [2.75, 3.05) is 13.1 Å². The van der Waals surface area contributed by atoms with Gasteiger partial charge in [0.15, 0.2) is 0 Å². The summed E-state index contributed by atoms with van der Waals surface area (Å²) >= 11 is 0. The van der Waals surface area contributed by atoms with E-state index in [0.717, 1.165) is 0 Å². The number of carboxylic acid groups (broad SMARTS) is 1. The monoisotopic (exact) mass is 242 g/mol. The van der Waals surface area contributed by atoms with Crippen LogP contribution in [0.3, 0.4) is 0 Å². The van der Waals surface area contributed by atoms with Gasteiger partial charge in [-0.15, -0.1) is 6.58 Å². The van der Waals surface area contributed by atoms with Gasteiger partial charge in [0.1, 0.15) is 0 Å². The fourth-order valence-corrected chi connectivity index (χ4v) is 1.04. The average molecular weight is 242 g/mol. The van der Waals surface area contributed by atoms with E-state index in [9.17, 15) is 9.59 Å². The minimum absolute atomic E-state index is 0.0809. The van der Waals surface area contributed by atoms with Crippen LogP contribution in [0.4, 0.5) is 0 Å². The molecule has 17 heavy (non-hydrogen) atoms. The molecule has 3 N–H and O–H groups in total. The van der Waals surface area contributed by atoms with Crippen LogP contribution >= 0.6 is 0 Å². The van der Waals surface area contributed by atoms with Gasteiger partial charge in [-0.05, 0) is 27.7 Å². The zero-order chi connectivity index (χ0) is 13.7. The molecule has 0 aromatic heterocycles. The Labute approximate surface area is 102 Å². The van der Waals surface area contributed by atoms with Gasteiger partial charge < -0.3 is 15.7 Å². The lowest BCUT2D eigenvalue weighted by molar-refractivity contribution is -0.151. The van der Waals surface area contributed by atoms with Crippen LogP contribution in [0.15, 0.2) is 12.7 Å². The number of aliphatic carboxylic acids is 1. The molecule has 98 valence electrons. The van der Waals surface area contributed by atoms with E-state index in [4.69, 9.17) is 5.11 Å². The Bertz CT molecular complexity index is 309. The Morgan fingerprint density at radius 3 is 2.24 bits per heavy atom. The Balaban J connectivity index is 4.41. The zero-order valence-electron chi connectivity index (χ0n) is 11.0. The van der Waals surface area contributed by atoms with E-state index in [2.05, 4.69) is 17.2 Å². The number of nitrogens with one attached hydrogen (secondary N) is 2. The first-order chi connectivity index (χ1) is 7.65. The molecular formula is C12H22N2O3. The van der Waals surface area contributed by atoms with Gasteiger partial charge in [-0.25, -0.2) is 0 Å². The molecule has 5 nitrogen and oxygen atoms in total. The number of carbonyl (C=O) groups excluding carboxylic acids is 1. The van der Waals surface area contributed by atoms with Crippen LogP contribution in [0.2, 0.25) is 0 Å². The van der Waals surface area contributed by atoms with E-state index in [0.29, 0.717) is 6.54 Å². The molecule has 0 aromatic rings. The van der Waals surface area contributed by atoms with Crippen LogP contribution < -0.4 is 10.6 Å². The van der Waals surface area contributed by atoms with E-state index in [-0.39, 0.29) is 12.5 Å². The SMILES string of the molecule is C=CCNC(=O)CNC(C)(C)C(C)(C)C(=O)O. The van der Waals surface area contributed by atoms with Gasteiger partial charge in [-0.2, -0.15) is 0 Å². The van der Waals surface area contributed by atoms with E-state index in [1.165, 1.54) is 0 Å². The van der Waals surface area contributed by atoms with Crippen molar-refractivity contribution in [2.45, 2.75) is 33.2 Å². The molecule has 0 aliphatic carbocycles. The first-order valence-electron chi connectivity index (χ1n) is 5.51. The number of carboxylic acids is 1. The summed E-state index contributed by atoms with van der Waals surface area (Å²) in [6, 6.07) is 0. The van der Waals surface area contributed by atoms with Crippen molar-refractivity contribution < 1.29 is 14.7 Å². The maximum Gasteiger partial charge on any atom is 0.310 e. The smallest absolute Gasteiger partial charge is 0.310 e. The predicted molar refractivity (Wildman–Crippen MR) is 66.7 cm³/mol. The quantitative estimate of drug-likeness (QED) is 0.576. The third kappa shape index (κ3) is 4.19. The molecule has 0 fully saturated rings. The fraction of sp³-hybridized carbons (Fsp3) is 0.667. The highest BCUT2D eigenvalue weighted by atomic mass is 16.4. The van der Waals surface area contributed by atoms with E-state index in [1.807, 2.05) is 0 Å². The molecule has 0 spiro atoms. The number of amides is 1. The summed E-state index contributed by atoms with van der Waals surface area (Å²) in [5, 5.41) is 14.7. The third-order valence-corrected chi connectivity index (χ3v) is 3.23. The number of rotatable bonds is 7. The zero-order valence-corrected chi connectivity index (χ0v) is 11.0. The van der Waals surface area contributed by atoms with Gasteiger partial charge >= 0.3 is 5.97 Å². The number of hydrogen-bond acceptors (Lipinski definition) is 3. The topological polar surface area (TPSA) is 78.4 Å². The van der Waals surface area contributed by atoms with Crippen LogP contribution in [0, 0.1) is 5.41 Å². The Hall–Kier alpha value is -1.36. The molecule has 5 heteroatoms. The molecular weight excluding hydrogens is 220 g/mol. The van der Waals surface area contributed by atoms with E-state index < -0.39 is 16.9 Å². The minimum atomic E-state index is -0.967. The maximum absolute atomic E-state index is 11.4. The molecule has 0 bridgehead atoms. The molecule has 0 aliphatic rings. The molecule has 0 saturated heterocycles. The first-order valence-corrected chi connectivity index (χ1v) is 5.51. The second-order valence-electron chi connectivity index (χ2n) is 5.00. The van der Waals surface area contributed by atoms with Gasteiger partial charge in [-0.1, -0.05) is 6.08 Å². The van der Waals surface area contributed by atoms with Crippen molar-refractivity contribution in [1.29, 1.82) is 0 Å². The molecule has 0 radical (unpaired) electrons. The highest BCUT2D eigenvalue weighted by molar-refractivity contribution is 5.79. The van der Waals surface area contributed by atoms with Crippen LogP contribution in [0.5, 0.6) is 0 Å². The van der Waals surface area contributed by atoms with E-state index >= 15 is 0 Å². The molecule has 0 unspecified atom stereocenters. The highest BCUT2D eigenvalue weighted by Crippen LogP contribution is 2.30. The summed E-state index contributed by atoms with van der Waals surface area (Å²) < 4.78 is 0. The van der Waals surface area contributed by atoms with Gasteiger partial charge in [-0.3, -0.25) is 9.59 Å². The normalized spacial score (nSPS) is 12.0. The summed E-state index contributed by atoms with van der Waals surface area (Å²) in [6.45, 7) is 10.8. The summed E-state index contributed by atoms with van der Waals surface area (Å²) in [6.07, 6.45) is 1.59. The second kappa shape index (κ2) is 5.82. The van der Waals surface area contributed by atoms with Gasteiger partial charge in [0.2, 0.25) is 5.91 Å². The molecule has 0 aliphatic heterocycles. The number of carbonyl (C=O) groups is 2. The number of hydrogen-bond donors (Lipinski definition) is 3. The molecule has 0 rings (SSSR count). The lowest BCUT2D eigenvalue weighted by Crippen LogP contribution is -2.57. The van der Waals surface area contributed by atoms with Crippen molar-refractivity contribution in [3.05, 3.63) is 12.7 Å². The third-order valence-electron chi connectivity index (χ3n) is 3.23. The second-order valence-corrected chi connectivity index (χ2v) is 5.00. The molecule has 1 amide bonds. The summed E-state index contributed by atoms with van der Waals surface area (Å²) in [5.41, 5.74) is -1.66. The highest BCUT2D eigenvalue weighted by Gasteiger charge is 2.43. The average Bonchev–Trinajstić information content (AvgIpc) is 2.23. The molecule has 0 aromatic carbocycles. The fourth-order valence-electron chi connectivity index (χ4n) is 1.04. The molecule has 0 atom stereocenters. The van der Waals surface area contributed by atoms with Gasteiger partial charge in [0, 0.05) is 12.1 Å². The summed E-state index contributed by atoms with van der Waals surface area (Å²) in [5.74, 6) is -1.08.